The van der Waals surface area contributed by atoms with Crippen molar-refractivity contribution < 1.29 is 4.74 Å². The minimum atomic E-state index is 0.634. The van der Waals surface area contributed by atoms with E-state index in [-0.39, 0.29) is 0 Å². The average molecular weight is 268 g/mol. The summed E-state index contributed by atoms with van der Waals surface area (Å²) < 4.78 is 7.19. The molecule has 0 aliphatic carbocycles. The van der Waals surface area contributed by atoms with Crippen molar-refractivity contribution in [3.63, 3.8) is 0 Å². The molecule has 0 saturated carbocycles. The van der Waals surface area contributed by atoms with Gasteiger partial charge < -0.3 is 4.74 Å². The lowest BCUT2D eigenvalue weighted by Gasteiger charge is -2.06. The Morgan fingerprint density at radius 1 is 1.00 bits per heavy atom. The van der Waals surface area contributed by atoms with Crippen molar-refractivity contribution in [1.82, 2.24) is 0 Å². The fraction of sp³-hybridized carbons (Fsp3) is 0.176. The highest BCUT2D eigenvalue weighted by Crippen LogP contribution is 2.26. The van der Waals surface area contributed by atoms with Crippen LogP contribution < -0.4 is 4.74 Å². The predicted molar refractivity (Wildman–Crippen MR) is 82.0 cm³/mol. The zero-order valence-corrected chi connectivity index (χ0v) is 11.7. The molecule has 3 rings (SSSR count). The monoisotopic (exact) mass is 268 g/mol. The van der Waals surface area contributed by atoms with Gasteiger partial charge in [0.15, 0.2) is 0 Å². The lowest BCUT2D eigenvalue weighted by molar-refractivity contribution is 0.308. The minimum absolute atomic E-state index is 0.634. The van der Waals surface area contributed by atoms with Crippen molar-refractivity contribution in [1.29, 1.82) is 0 Å². The Morgan fingerprint density at radius 2 is 1.79 bits per heavy atom. The summed E-state index contributed by atoms with van der Waals surface area (Å²) in [5, 5.41) is 3.49. The summed E-state index contributed by atoms with van der Waals surface area (Å²) in [6, 6.07) is 16.8. The van der Waals surface area contributed by atoms with Gasteiger partial charge >= 0.3 is 0 Å². The Labute approximate surface area is 117 Å². The first kappa shape index (κ1) is 12.2. The van der Waals surface area contributed by atoms with E-state index in [0.29, 0.717) is 6.61 Å². The Hall–Kier alpha value is -1.80. The van der Waals surface area contributed by atoms with Crippen LogP contribution in [0.1, 0.15) is 18.1 Å². The highest BCUT2D eigenvalue weighted by Gasteiger charge is 2.04. The quantitative estimate of drug-likeness (QED) is 0.644. The maximum atomic E-state index is 5.86. The van der Waals surface area contributed by atoms with Crippen molar-refractivity contribution >= 4 is 21.4 Å². The summed E-state index contributed by atoms with van der Waals surface area (Å²) in [6.45, 7) is 2.79. The van der Waals surface area contributed by atoms with Crippen LogP contribution in [0.3, 0.4) is 0 Å². The fourth-order valence-electron chi connectivity index (χ4n) is 2.13. The first-order valence-electron chi connectivity index (χ1n) is 6.53. The van der Waals surface area contributed by atoms with Crippen LogP contribution in [0.25, 0.3) is 10.1 Å². The van der Waals surface area contributed by atoms with E-state index >= 15 is 0 Å². The van der Waals surface area contributed by atoms with Crippen LogP contribution in [0.2, 0.25) is 0 Å². The van der Waals surface area contributed by atoms with Gasteiger partial charge in [-0.25, -0.2) is 0 Å². The second-order valence-corrected chi connectivity index (χ2v) is 5.45. The topological polar surface area (TPSA) is 9.23 Å². The van der Waals surface area contributed by atoms with Gasteiger partial charge in [0.2, 0.25) is 0 Å². The van der Waals surface area contributed by atoms with E-state index in [9.17, 15) is 0 Å². The summed E-state index contributed by atoms with van der Waals surface area (Å²) in [6.07, 6.45) is 1.06. The van der Waals surface area contributed by atoms with Crippen molar-refractivity contribution in [2.75, 3.05) is 0 Å². The Bertz CT molecular complexity index is 667. The molecule has 3 aromatic rings. The standard InChI is InChI=1S/C17H16OS/c1-2-13-7-9-15(10-8-13)18-11-14-12-19-17-6-4-3-5-16(14)17/h3-10,12H,2,11H2,1H3. The number of hydrogen-bond acceptors (Lipinski definition) is 2. The van der Waals surface area contributed by atoms with Crippen LogP contribution in [0.5, 0.6) is 5.75 Å². The molecule has 0 unspecified atom stereocenters. The number of fused-ring (bicyclic) bond motifs is 1. The number of rotatable bonds is 4. The van der Waals surface area contributed by atoms with Crippen LogP contribution in [0.4, 0.5) is 0 Å². The molecule has 0 fully saturated rings. The van der Waals surface area contributed by atoms with E-state index in [1.807, 2.05) is 12.1 Å². The molecule has 19 heavy (non-hydrogen) atoms. The van der Waals surface area contributed by atoms with Gasteiger partial charge in [0.05, 0.1) is 0 Å². The molecule has 0 bridgehead atoms. The Morgan fingerprint density at radius 3 is 2.58 bits per heavy atom. The van der Waals surface area contributed by atoms with Crippen molar-refractivity contribution in [2.45, 2.75) is 20.0 Å². The molecule has 0 amide bonds. The van der Waals surface area contributed by atoms with E-state index in [1.54, 1.807) is 11.3 Å². The highest BCUT2D eigenvalue weighted by molar-refractivity contribution is 7.17. The van der Waals surface area contributed by atoms with E-state index in [0.717, 1.165) is 12.2 Å². The molecule has 0 saturated heterocycles. The van der Waals surface area contributed by atoms with Crippen LogP contribution in [0.15, 0.2) is 53.9 Å². The third-order valence-electron chi connectivity index (χ3n) is 3.29. The number of thiophene rings is 1. The number of ether oxygens (including phenoxy) is 1. The molecule has 0 spiro atoms. The van der Waals surface area contributed by atoms with E-state index in [1.165, 1.54) is 21.2 Å². The maximum absolute atomic E-state index is 5.86. The average Bonchev–Trinajstić information content (AvgIpc) is 2.89. The first-order chi connectivity index (χ1) is 9.36. The zero-order chi connectivity index (χ0) is 13.1. The molecule has 0 aliphatic rings. The molecule has 1 aromatic heterocycles. The molecular formula is C17H16OS. The van der Waals surface area contributed by atoms with E-state index in [2.05, 4.69) is 48.7 Å². The Kier molecular flexibility index (Phi) is 3.51. The Balaban J connectivity index is 1.74. The van der Waals surface area contributed by atoms with Crippen molar-refractivity contribution in [3.05, 3.63) is 65.0 Å². The molecular weight excluding hydrogens is 252 g/mol. The second-order valence-electron chi connectivity index (χ2n) is 4.54. The van der Waals surface area contributed by atoms with Gasteiger partial charge in [0, 0.05) is 10.3 Å². The third kappa shape index (κ3) is 2.64. The molecule has 0 atom stereocenters. The minimum Gasteiger partial charge on any atom is -0.489 e. The predicted octanol–water partition coefficient (Wildman–Crippen LogP) is 5.04. The van der Waals surface area contributed by atoms with Crippen molar-refractivity contribution in [2.24, 2.45) is 0 Å². The number of aryl methyl sites for hydroxylation is 1. The summed E-state index contributed by atoms with van der Waals surface area (Å²) in [7, 11) is 0. The second kappa shape index (κ2) is 5.45. The molecule has 0 N–H and O–H groups in total. The molecule has 1 heterocycles. The van der Waals surface area contributed by atoms with Crippen LogP contribution in [0, 0.1) is 0 Å². The van der Waals surface area contributed by atoms with Gasteiger partial charge in [0.1, 0.15) is 12.4 Å². The van der Waals surface area contributed by atoms with Gasteiger partial charge in [-0.05, 0) is 40.9 Å². The van der Waals surface area contributed by atoms with Crippen LogP contribution >= 0.6 is 11.3 Å². The summed E-state index contributed by atoms with van der Waals surface area (Å²) in [5.41, 5.74) is 2.61. The molecule has 2 aromatic carbocycles. The lowest BCUT2D eigenvalue weighted by Crippen LogP contribution is -1.94. The summed E-state index contributed by atoms with van der Waals surface area (Å²) in [5.74, 6) is 0.937. The van der Waals surface area contributed by atoms with Gasteiger partial charge in [-0.15, -0.1) is 11.3 Å². The van der Waals surface area contributed by atoms with Crippen LogP contribution in [-0.2, 0) is 13.0 Å². The molecule has 96 valence electrons. The molecule has 2 heteroatoms. The van der Waals surface area contributed by atoms with Crippen LogP contribution in [-0.4, -0.2) is 0 Å². The molecule has 1 nitrogen and oxygen atoms in total. The summed E-state index contributed by atoms with van der Waals surface area (Å²) in [4.78, 5) is 0. The lowest BCUT2D eigenvalue weighted by atomic mass is 10.2. The van der Waals surface area contributed by atoms with Gasteiger partial charge in [-0.1, -0.05) is 37.3 Å². The molecule has 0 aliphatic heterocycles. The SMILES string of the molecule is CCc1ccc(OCc2csc3ccccc23)cc1. The first-order valence-corrected chi connectivity index (χ1v) is 7.41. The van der Waals surface area contributed by atoms with E-state index in [4.69, 9.17) is 4.74 Å². The van der Waals surface area contributed by atoms with Gasteiger partial charge in [-0.3, -0.25) is 0 Å². The smallest absolute Gasteiger partial charge is 0.119 e. The highest BCUT2D eigenvalue weighted by atomic mass is 32.1. The normalized spacial score (nSPS) is 10.8. The number of hydrogen-bond donors (Lipinski definition) is 0. The molecule has 0 radical (unpaired) electrons. The van der Waals surface area contributed by atoms with Gasteiger partial charge in [0.25, 0.3) is 0 Å². The zero-order valence-electron chi connectivity index (χ0n) is 10.9. The van der Waals surface area contributed by atoms with Crippen molar-refractivity contribution in [3.8, 4) is 5.75 Å². The maximum Gasteiger partial charge on any atom is 0.119 e. The van der Waals surface area contributed by atoms with E-state index < -0.39 is 0 Å². The summed E-state index contributed by atoms with van der Waals surface area (Å²) >= 11 is 1.78. The number of benzene rings is 2. The van der Waals surface area contributed by atoms with Gasteiger partial charge in [-0.2, -0.15) is 0 Å². The third-order valence-corrected chi connectivity index (χ3v) is 4.30. The largest absolute Gasteiger partial charge is 0.489 e. The fourth-order valence-corrected chi connectivity index (χ4v) is 3.07.